The Hall–Kier alpha value is -3.35. The third-order valence-electron chi connectivity index (χ3n) is 3.62. The molecule has 1 amide bonds. The molecule has 0 saturated heterocycles. The molecule has 0 bridgehead atoms. The topological polar surface area (TPSA) is 90.9 Å². The summed E-state index contributed by atoms with van der Waals surface area (Å²) in [6.45, 7) is 1.41. The van der Waals surface area contributed by atoms with Gasteiger partial charge in [0.1, 0.15) is 18.4 Å². The molecule has 0 radical (unpaired) electrons. The summed E-state index contributed by atoms with van der Waals surface area (Å²) in [6, 6.07) is 14.9. The highest BCUT2D eigenvalue weighted by Gasteiger charge is 2.22. The second-order valence-corrected chi connectivity index (χ2v) is 5.72. The van der Waals surface area contributed by atoms with E-state index in [1.54, 1.807) is 24.3 Å². The van der Waals surface area contributed by atoms with Crippen molar-refractivity contribution in [2.75, 3.05) is 7.11 Å². The number of methoxy groups -OCH3 is 1. The number of hydrogen-bond donors (Lipinski definition) is 1. The molecule has 7 heteroatoms. The number of ether oxygens (including phenoxy) is 3. The first-order valence-electron chi connectivity index (χ1n) is 8.30. The van der Waals surface area contributed by atoms with Gasteiger partial charge in [-0.15, -0.1) is 0 Å². The fourth-order valence-corrected chi connectivity index (χ4v) is 2.34. The molecule has 27 heavy (non-hydrogen) atoms. The Morgan fingerprint density at radius 1 is 0.963 bits per heavy atom. The number of hydrogen-bond acceptors (Lipinski definition) is 6. The monoisotopic (exact) mass is 371 g/mol. The fraction of sp³-hybridized carbons (Fsp3) is 0.250. The van der Waals surface area contributed by atoms with Crippen molar-refractivity contribution in [1.82, 2.24) is 5.32 Å². The first-order valence-corrected chi connectivity index (χ1v) is 8.30. The summed E-state index contributed by atoms with van der Waals surface area (Å²) in [5.74, 6) is -0.607. The van der Waals surface area contributed by atoms with E-state index in [9.17, 15) is 14.4 Å². The van der Waals surface area contributed by atoms with E-state index in [1.807, 2.05) is 30.3 Å². The molecule has 2 aromatic carbocycles. The zero-order valence-corrected chi connectivity index (χ0v) is 15.1. The Balaban J connectivity index is 1.95. The molecular weight excluding hydrogens is 350 g/mol. The molecule has 0 unspecified atom stereocenters. The number of carbonyl (C=O) groups excluding carboxylic acids is 3. The van der Waals surface area contributed by atoms with Crippen LogP contribution in [0.5, 0.6) is 5.75 Å². The highest BCUT2D eigenvalue weighted by molar-refractivity contribution is 5.81. The molecule has 0 heterocycles. The van der Waals surface area contributed by atoms with Crippen LogP contribution in [0.25, 0.3) is 0 Å². The van der Waals surface area contributed by atoms with Crippen LogP contribution in [-0.2, 0) is 32.1 Å². The minimum atomic E-state index is -0.905. The first kappa shape index (κ1) is 20.0. The van der Waals surface area contributed by atoms with Crippen molar-refractivity contribution in [3.05, 3.63) is 65.7 Å². The van der Waals surface area contributed by atoms with Crippen LogP contribution in [0.3, 0.4) is 0 Å². The number of alkyl carbamates (subject to hydrolysis) is 1. The van der Waals surface area contributed by atoms with Crippen LogP contribution in [-0.4, -0.2) is 31.2 Å². The minimum absolute atomic E-state index is 0.0949. The second kappa shape index (κ2) is 9.96. The number of esters is 2. The predicted octanol–water partition coefficient (Wildman–Crippen LogP) is 2.62. The van der Waals surface area contributed by atoms with Gasteiger partial charge >= 0.3 is 18.0 Å². The number of benzene rings is 2. The van der Waals surface area contributed by atoms with Gasteiger partial charge in [0.25, 0.3) is 0 Å². The Morgan fingerprint density at radius 3 is 2.22 bits per heavy atom. The smallest absolute Gasteiger partial charge is 0.408 e. The fourth-order valence-electron chi connectivity index (χ4n) is 2.34. The molecule has 0 saturated carbocycles. The Labute approximate surface area is 157 Å². The molecule has 0 spiro atoms. The van der Waals surface area contributed by atoms with E-state index in [-0.39, 0.29) is 13.0 Å². The Kier molecular flexibility index (Phi) is 7.37. The lowest BCUT2D eigenvalue weighted by atomic mass is 10.1. The standard InChI is InChI=1S/C20H21NO6/c1-14(22)27-17-10-8-15(9-11-17)12-18(19(23)25-2)21-20(24)26-13-16-6-4-3-5-7-16/h3-11,18H,12-13H2,1-2H3,(H,21,24)/t18-/m0/s1. The van der Waals surface area contributed by atoms with Crippen molar-refractivity contribution >= 4 is 18.0 Å². The maximum absolute atomic E-state index is 12.0. The van der Waals surface area contributed by atoms with Gasteiger partial charge < -0.3 is 19.5 Å². The summed E-state index contributed by atoms with van der Waals surface area (Å²) in [7, 11) is 1.25. The van der Waals surface area contributed by atoms with E-state index in [2.05, 4.69) is 5.32 Å². The molecule has 0 fully saturated rings. The lowest BCUT2D eigenvalue weighted by Crippen LogP contribution is -2.43. The predicted molar refractivity (Wildman–Crippen MR) is 97.0 cm³/mol. The van der Waals surface area contributed by atoms with Crippen molar-refractivity contribution in [2.24, 2.45) is 0 Å². The zero-order chi connectivity index (χ0) is 19.6. The lowest BCUT2D eigenvalue weighted by Gasteiger charge is -2.16. The van der Waals surface area contributed by atoms with Crippen LogP contribution >= 0.6 is 0 Å². The maximum atomic E-state index is 12.0. The number of nitrogens with one attached hydrogen (secondary N) is 1. The highest BCUT2D eigenvalue weighted by atomic mass is 16.6. The van der Waals surface area contributed by atoms with Gasteiger partial charge in [-0.25, -0.2) is 9.59 Å². The van der Waals surface area contributed by atoms with Gasteiger partial charge in [-0.1, -0.05) is 42.5 Å². The number of carbonyl (C=O) groups is 3. The molecule has 0 aliphatic rings. The molecule has 2 aromatic rings. The van der Waals surface area contributed by atoms with Gasteiger partial charge in [0, 0.05) is 13.3 Å². The van der Waals surface area contributed by atoms with Gasteiger partial charge in [0.2, 0.25) is 0 Å². The minimum Gasteiger partial charge on any atom is -0.467 e. The van der Waals surface area contributed by atoms with Gasteiger partial charge in [-0.2, -0.15) is 0 Å². The lowest BCUT2D eigenvalue weighted by molar-refractivity contribution is -0.143. The molecule has 7 nitrogen and oxygen atoms in total. The average Bonchev–Trinajstić information content (AvgIpc) is 2.67. The summed E-state index contributed by atoms with van der Waals surface area (Å²) in [6.07, 6.45) is -0.515. The van der Waals surface area contributed by atoms with Gasteiger partial charge in [-0.05, 0) is 23.3 Å². The summed E-state index contributed by atoms with van der Waals surface area (Å²) in [5, 5.41) is 2.51. The average molecular weight is 371 g/mol. The number of rotatable bonds is 7. The van der Waals surface area contributed by atoms with E-state index in [0.717, 1.165) is 11.1 Å². The quantitative estimate of drug-likeness (QED) is 0.594. The molecule has 1 N–H and O–H groups in total. The summed E-state index contributed by atoms with van der Waals surface area (Å²) in [5.41, 5.74) is 1.59. The van der Waals surface area contributed by atoms with Crippen LogP contribution in [0.1, 0.15) is 18.1 Å². The number of amides is 1. The van der Waals surface area contributed by atoms with Crippen LogP contribution < -0.4 is 10.1 Å². The van der Waals surface area contributed by atoms with E-state index < -0.39 is 24.1 Å². The molecule has 1 atom stereocenters. The molecule has 0 aliphatic carbocycles. The largest absolute Gasteiger partial charge is 0.467 e. The second-order valence-electron chi connectivity index (χ2n) is 5.72. The molecule has 2 rings (SSSR count). The highest BCUT2D eigenvalue weighted by Crippen LogP contribution is 2.14. The van der Waals surface area contributed by atoms with Gasteiger partial charge in [0.15, 0.2) is 0 Å². The van der Waals surface area contributed by atoms with Crippen molar-refractivity contribution < 1.29 is 28.6 Å². The summed E-state index contributed by atoms with van der Waals surface area (Å²) < 4.78 is 14.8. The van der Waals surface area contributed by atoms with Crippen LogP contribution in [0.15, 0.2) is 54.6 Å². The zero-order valence-electron chi connectivity index (χ0n) is 15.1. The van der Waals surface area contributed by atoms with E-state index in [4.69, 9.17) is 14.2 Å². The van der Waals surface area contributed by atoms with Gasteiger partial charge in [-0.3, -0.25) is 4.79 Å². The molecule has 0 aromatic heterocycles. The van der Waals surface area contributed by atoms with Crippen LogP contribution in [0, 0.1) is 0 Å². The van der Waals surface area contributed by atoms with Crippen molar-refractivity contribution in [3.63, 3.8) is 0 Å². The summed E-state index contributed by atoms with van der Waals surface area (Å²) >= 11 is 0. The van der Waals surface area contributed by atoms with Crippen LogP contribution in [0.2, 0.25) is 0 Å². The van der Waals surface area contributed by atoms with Crippen LogP contribution in [0.4, 0.5) is 4.79 Å². The third-order valence-corrected chi connectivity index (χ3v) is 3.62. The molecular formula is C20H21NO6. The maximum Gasteiger partial charge on any atom is 0.408 e. The molecule has 0 aliphatic heterocycles. The van der Waals surface area contributed by atoms with E-state index in [0.29, 0.717) is 5.75 Å². The summed E-state index contributed by atoms with van der Waals surface area (Å²) in [4.78, 5) is 34.9. The third kappa shape index (κ3) is 6.81. The normalized spacial score (nSPS) is 11.2. The van der Waals surface area contributed by atoms with E-state index >= 15 is 0 Å². The van der Waals surface area contributed by atoms with Crippen molar-refractivity contribution in [2.45, 2.75) is 26.0 Å². The first-order chi connectivity index (χ1) is 13.0. The van der Waals surface area contributed by atoms with E-state index in [1.165, 1.54) is 14.0 Å². The Morgan fingerprint density at radius 2 is 1.63 bits per heavy atom. The van der Waals surface area contributed by atoms with Crippen molar-refractivity contribution in [3.8, 4) is 5.75 Å². The Bertz CT molecular complexity index is 773. The van der Waals surface area contributed by atoms with Gasteiger partial charge in [0.05, 0.1) is 7.11 Å². The SMILES string of the molecule is COC(=O)[C@H](Cc1ccc(OC(C)=O)cc1)NC(=O)OCc1ccccc1. The van der Waals surface area contributed by atoms with Crippen molar-refractivity contribution in [1.29, 1.82) is 0 Å². The molecule has 142 valence electrons.